The Morgan fingerprint density at radius 1 is 1.09 bits per heavy atom. The largest absolute Gasteiger partial charge is 0.493 e. The summed E-state index contributed by atoms with van der Waals surface area (Å²) in [5, 5.41) is 21.0. The Morgan fingerprint density at radius 3 is 2.44 bits per heavy atom. The van der Waals surface area contributed by atoms with Crippen LogP contribution in [-0.4, -0.2) is 20.2 Å². The number of nitrogen functional groups attached to an aromatic ring is 1. The van der Waals surface area contributed by atoms with Gasteiger partial charge in [-0.2, -0.15) is 10.5 Å². The highest BCUT2D eigenvalue weighted by atomic mass is 79.9. The number of benzene rings is 3. The van der Waals surface area contributed by atoms with Gasteiger partial charge in [-0.1, -0.05) is 0 Å². The van der Waals surface area contributed by atoms with Crippen LogP contribution in [0.5, 0.6) is 17.2 Å². The molecule has 0 aliphatic carbocycles. The van der Waals surface area contributed by atoms with Crippen LogP contribution < -0.4 is 20.5 Å². The van der Waals surface area contributed by atoms with Gasteiger partial charge in [-0.15, -0.1) is 0 Å². The van der Waals surface area contributed by atoms with E-state index in [-0.39, 0.29) is 11.3 Å². The molecule has 0 aliphatic rings. The van der Waals surface area contributed by atoms with Crippen molar-refractivity contribution in [1.29, 1.82) is 10.5 Å². The van der Waals surface area contributed by atoms with Gasteiger partial charge in [0, 0.05) is 18.2 Å². The van der Waals surface area contributed by atoms with E-state index in [4.69, 9.17) is 30.5 Å². The van der Waals surface area contributed by atoms with Crippen LogP contribution in [0.25, 0.3) is 0 Å². The van der Waals surface area contributed by atoms with Gasteiger partial charge in [-0.25, -0.2) is 4.79 Å². The average Bonchev–Trinajstić information content (AvgIpc) is 2.85. The van der Waals surface area contributed by atoms with E-state index < -0.39 is 5.97 Å². The van der Waals surface area contributed by atoms with E-state index in [1.165, 1.54) is 20.3 Å². The maximum Gasteiger partial charge on any atom is 0.341 e. The van der Waals surface area contributed by atoms with Crippen LogP contribution in [-0.2, 0) is 11.2 Å². The zero-order valence-corrected chi connectivity index (χ0v) is 20.1. The molecule has 34 heavy (non-hydrogen) atoms. The SMILES string of the molecule is COC(=O)c1cc(N)c(Nc2ccc(C#N)cc2)cc1Oc1c(Br)cc(CCC#N)cc1OC. The summed E-state index contributed by atoms with van der Waals surface area (Å²) >= 11 is 3.50. The molecule has 0 saturated heterocycles. The van der Waals surface area contributed by atoms with Crippen LogP contribution in [0.2, 0.25) is 0 Å². The summed E-state index contributed by atoms with van der Waals surface area (Å²) in [7, 11) is 2.77. The van der Waals surface area contributed by atoms with Crippen LogP contribution in [0.1, 0.15) is 27.9 Å². The van der Waals surface area contributed by atoms with Crippen molar-refractivity contribution in [3.63, 3.8) is 0 Å². The molecule has 0 atom stereocenters. The number of esters is 1. The maximum absolute atomic E-state index is 12.4. The van der Waals surface area contributed by atoms with Crippen molar-refractivity contribution in [1.82, 2.24) is 0 Å². The molecule has 0 fully saturated rings. The van der Waals surface area contributed by atoms with E-state index in [9.17, 15) is 4.79 Å². The molecule has 0 aliphatic heterocycles. The summed E-state index contributed by atoms with van der Waals surface area (Å²) in [6, 6.07) is 17.7. The highest BCUT2D eigenvalue weighted by Crippen LogP contribution is 2.42. The lowest BCUT2D eigenvalue weighted by Gasteiger charge is -2.18. The maximum atomic E-state index is 12.4. The van der Waals surface area contributed by atoms with Crippen molar-refractivity contribution in [2.45, 2.75) is 12.8 Å². The molecule has 8 nitrogen and oxygen atoms in total. The first-order valence-corrected chi connectivity index (χ1v) is 10.9. The third-order valence-electron chi connectivity index (χ3n) is 4.88. The van der Waals surface area contributed by atoms with Gasteiger partial charge in [0.25, 0.3) is 0 Å². The lowest BCUT2D eigenvalue weighted by atomic mass is 10.1. The molecule has 0 unspecified atom stereocenters. The van der Waals surface area contributed by atoms with Gasteiger partial charge in [-0.05, 0) is 70.4 Å². The van der Waals surface area contributed by atoms with Gasteiger partial charge >= 0.3 is 5.97 Å². The third kappa shape index (κ3) is 5.58. The summed E-state index contributed by atoms with van der Waals surface area (Å²) in [4.78, 5) is 12.4. The number of rotatable bonds is 8. The zero-order chi connectivity index (χ0) is 24.7. The van der Waals surface area contributed by atoms with Gasteiger partial charge in [0.15, 0.2) is 11.5 Å². The second-order valence-corrected chi connectivity index (χ2v) is 7.96. The Balaban J connectivity index is 2.03. The van der Waals surface area contributed by atoms with Gasteiger partial charge in [0.2, 0.25) is 0 Å². The summed E-state index contributed by atoms with van der Waals surface area (Å²) in [5.41, 5.74) is 9.24. The minimum absolute atomic E-state index is 0.132. The molecular formula is C25H21BrN4O4. The average molecular weight is 521 g/mol. The number of nitriles is 2. The Labute approximate surface area is 205 Å². The molecule has 0 heterocycles. The number of nitrogens with one attached hydrogen (secondary N) is 1. The minimum atomic E-state index is -0.618. The molecule has 172 valence electrons. The number of carbonyl (C=O) groups excluding carboxylic acids is 1. The summed E-state index contributed by atoms with van der Waals surface area (Å²) < 4.78 is 17.1. The molecule has 0 spiro atoms. The van der Waals surface area contributed by atoms with Gasteiger partial charge in [0.05, 0.1) is 47.8 Å². The molecule has 0 aromatic heterocycles. The van der Waals surface area contributed by atoms with E-state index in [1.807, 2.05) is 6.07 Å². The quantitative estimate of drug-likeness (QED) is 0.286. The van der Waals surface area contributed by atoms with Crippen molar-refractivity contribution in [3.05, 3.63) is 69.7 Å². The van der Waals surface area contributed by atoms with Gasteiger partial charge in [-0.3, -0.25) is 0 Å². The predicted octanol–water partition coefficient (Wildman–Crippen LogP) is 5.69. The van der Waals surface area contributed by atoms with Crippen molar-refractivity contribution < 1.29 is 19.0 Å². The van der Waals surface area contributed by atoms with Crippen LogP contribution >= 0.6 is 15.9 Å². The van der Waals surface area contributed by atoms with Gasteiger partial charge in [0.1, 0.15) is 11.3 Å². The Morgan fingerprint density at radius 2 is 1.82 bits per heavy atom. The molecule has 3 N–H and O–H groups in total. The molecule has 3 aromatic rings. The number of hydrogen-bond acceptors (Lipinski definition) is 8. The normalized spacial score (nSPS) is 10.0. The Kier molecular flexibility index (Phi) is 7.96. The first-order chi connectivity index (χ1) is 16.4. The van der Waals surface area contributed by atoms with Crippen molar-refractivity contribution in [2.24, 2.45) is 0 Å². The van der Waals surface area contributed by atoms with E-state index in [0.29, 0.717) is 51.4 Å². The highest BCUT2D eigenvalue weighted by Gasteiger charge is 2.21. The smallest absolute Gasteiger partial charge is 0.341 e. The van der Waals surface area contributed by atoms with Crippen LogP contribution in [0.15, 0.2) is 53.0 Å². The number of hydrogen-bond donors (Lipinski definition) is 2. The second kappa shape index (κ2) is 11.1. The number of methoxy groups -OCH3 is 2. The minimum Gasteiger partial charge on any atom is -0.493 e. The molecule has 0 bridgehead atoms. The van der Waals surface area contributed by atoms with Crippen molar-refractivity contribution >= 4 is 39.0 Å². The first kappa shape index (κ1) is 24.4. The third-order valence-corrected chi connectivity index (χ3v) is 5.47. The molecule has 0 saturated carbocycles. The topological polar surface area (TPSA) is 130 Å². The van der Waals surface area contributed by atoms with Crippen LogP contribution in [0.4, 0.5) is 17.1 Å². The molecule has 3 rings (SSSR count). The standard InChI is InChI=1S/C25H21BrN4O4/c1-32-23-11-16(4-3-9-27)10-19(26)24(23)34-22-13-21(20(29)12-18(22)25(31)33-2)30-17-7-5-15(14-28)6-8-17/h5-8,10-13,30H,3-4,29H2,1-2H3. The summed E-state index contributed by atoms with van der Waals surface area (Å²) in [6.45, 7) is 0. The first-order valence-electron chi connectivity index (χ1n) is 10.1. The summed E-state index contributed by atoms with van der Waals surface area (Å²) in [5.74, 6) is 0.354. The highest BCUT2D eigenvalue weighted by molar-refractivity contribution is 9.10. The van der Waals surface area contributed by atoms with E-state index in [1.54, 1.807) is 36.4 Å². The number of nitrogens with two attached hydrogens (primary N) is 1. The van der Waals surface area contributed by atoms with E-state index >= 15 is 0 Å². The number of ether oxygens (including phenoxy) is 3. The van der Waals surface area contributed by atoms with Crippen LogP contribution in [0, 0.1) is 22.7 Å². The molecule has 9 heteroatoms. The molecule has 0 radical (unpaired) electrons. The summed E-state index contributed by atoms with van der Waals surface area (Å²) in [6.07, 6.45) is 0.921. The number of carbonyl (C=O) groups is 1. The van der Waals surface area contributed by atoms with E-state index in [2.05, 4.69) is 33.4 Å². The second-order valence-electron chi connectivity index (χ2n) is 7.11. The fraction of sp³-hybridized carbons (Fsp3) is 0.160. The van der Waals surface area contributed by atoms with Gasteiger partial charge < -0.3 is 25.3 Å². The fourth-order valence-corrected chi connectivity index (χ4v) is 3.74. The Hall–Kier alpha value is -4.21. The van der Waals surface area contributed by atoms with Crippen molar-refractivity contribution in [3.8, 4) is 29.4 Å². The predicted molar refractivity (Wildman–Crippen MR) is 131 cm³/mol. The molecular weight excluding hydrogens is 500 g/mol. The number of anilines is 3. The number of nitrogens with zero attached hydrogens (tertiary/aromatic N) is 2. The van der Waals surface area contributed by atoms with Crippen molar-refractivity contribution in [2.75, 3.05) is 25.3 Å². The molecule has 0 amide bonds. The molecule has 3 aromatic carbocycles. The monoisotopic (exact) mass is 520 g/mol. The lowest BCUT2D eigenvalue weighted by molar-refractivity contribution is 0.0598. The number of aryl methyl sites for hydroxylation is 1. The fourth-order valence-electron chi connectivity index (χ4n) is 3.17. The zero-order valence-electron chi connectivity index (χ0n) is 18.5. The number of halogens is 1. The van der Waals surface area contributed by atoms with Crippen LogP contribution in [0.3, 0.4) is 0 Å². The Bertz CT molecular complexity index is 1290. The lowest BCUT2D eigenvalue weighted by Crippen LogP contribution is -2.07. The van der Waals surface area contributed by atoms with E-state index in [0.717, 1.165) is 5.56 Å².